The normalized spacial score (nSPS) is 11.4. The zero-order chi connectivity index (χ0) is 20.8. The first-order valence-corrected chi connectivity index (χ1v) is 8.72. The van der Waals surface area contributed by atoms with Crippen LogP contribution in [0.1, 0.15) is 5.69 Å². The molecule has 0 aliphatic rings. The van der Waals surface area contributed by atoms with Crippen LogP contribution in [0.4, 0.5) is 14.6 Å². The Hall–Kier alpha value is -4.22. The molecule has 30 heavy (non-hydrogen) atoms. The number of hydrogen-bond donors (Lipinski definition) is 2. The van der Waals surface area contributed by atoms with Crippen molar-refractivity contribution in [3.8, 4) is 17.4 Å². The number of hydrogen-bond acceptors (Lipinski definition) is 8. The van der Waals surface area contributed by atoms with E-state index in [-0.39, 0.29) is 35.5 Å². The number of nitrogens with zero attached hydrogens (tertiary/aromatic N) is 7. The van der Waals surface area contributed by atoms with Gasteiger partial charge in [0.1, 0.15) is 28.5 Å². The van der Waals surface area contributed by atoms with Gasteiger partial charge in [0.15, 0.2) is 17.1 Å². The van der Waals surface area contributed by atoms with Crippen LogP contribution in [0.2, 0.25) is 0 Å². The lowest BCUT2D eigenvalue weighted by atomic mass is 10.2. The predicted octanol–water partition coefficient (Wildman–Crippen LogP) is 2.08. The average Bonchev–Trinajstić information content (AvgIpc) is 3.31. The number of aromatic nitrogens is 8. The van der Waals surface area contributed by atoms with E-state index in [0.29, 0.717) is 22.1 Å². The fraction of sp³-hybridized carbons (Fsp3) is 0.111. The van der Waals surface area contributed by atoms with Crippen LogP contribution in [0, 0.1) is 11.6 Å². The number of nitrogens with two attached hydrogens (primary N) is 1. The summed E-state index contributed by atoms with van der Waals surface area (Å²) in [5.41, 5.74) is 7.11. The summed E-state index contributed by atoms with van der Waals surface area (Å²) in [5, 5.41) is 11.9. The molecule has 0 radical (unpaired) electrons. The summed E-state index contributed by atoms with van der Waals surface area (Å²) >= 11 is 0. The Labute approximate surface area is 166 Å². The first-order chi connectivity index (χ1) is 14.5. The largest absolute Gasteiger partial charge is 0.479 e. The molecular formula is C18H13F2N9O. The summed E-state index contributed by atoms with van der Waals surface area (Å²) in [6.45, 7) is -0.0165. The van der Waals surface area contributed by atoms with Gasteiger partial charge in [-0.3, -0.25) is 10.1 Å². The highest BCUT2D eigenvalue weighted by atomic mass is 19.1. The molecule has 0 bridgehead atoms. The van der Waals surface area contributed by atoms with Gasteiger partial charge in [-0.05, 0) is 18.2 Å². The maximum atomic E-state index is 14.1. The van der Waals surface area contributed by atoms with Gasteiger partial charge in [-0.1, -0.05) is 0 Å². The molecule has 0 spiro atoms. The first-order valence-electron chi connectivity index (χ1n) is 8.72. The smallest absolute Gasteiger partial charge is 0.245 e. The lowest BCUT2D eigenvalue weighted by Gasteiger charge is -2.03. The zero-order valence-electron chi connectivity index (χ0n) is 15.5. The van der Waals surface area contributed by atoms with Crippen LogP contribution in [-0.4, -0.2) is 47.0 Å². The van der Waals surface area contributed by atoms with E-state index in [2.05, 4.69) is 35.2 Å². The van der Waals surface area contributed by atoms with Crippen LogP contribution in [0.3, 0.4) is 0 Å². The molecule has 0 atom stereocenters. The van der Waals surface area contributed by atoms with Crippen LogP contribution in [-0.2, 0) is 6.54 Å². The summed E-state index contributed by atoms with van der Waals surface area (Å²) in [6, 6.07) is 4.04. The number of pyridine rings is 2. The molecule has 10 nitrogen and oxygen atoms in total. The molecular weight excluding hydrogens is 396 g/mol. The van der Waals surface area contributed by atoms with Crippen molar-refractivity contribution < 1.29 is 13.5 Å². The summed E-state index contributed by atoms with van der Waals surface area (Å²) in [7, 11) is 1.45. The topological polar surface area (TPSA) is 133 Å². The highest BCUT2D eigenvalue weighted by molar-refractivity contribution is 5.94. The minimum Gasteiger partial charge on any atom is -0.479 e. The molecule has 12 heteroatoms. The molecule has 5 heterocycles. The van der Waals surface area contributed by atoms with E-state index in [0.717, 1.165) is 6.20 Å². The summed E-state index contributed by atoms with van der Waals surface area (Å²) < 4.78 is 34.6. The van der Waals surface area contributed by atoms with Crippen LogP contribution >= 0.6 is 0 Å². The van der Waals surface area contributed by atoms with Gasteiger partial charge in [0, 0.05) is 6.20 Å². The molecule has 0 saturated carbocycles. The Morgan fingerprint density at radius 2 is 2.10 bits per heavy atom. The third-order valence-corrected chi connectivity index (χ3v) is 4.51. The van der Waals surface area contributed by atoms with Crippen molar-refractivity contribution in [2.24, 2.45) is 0 Å². The molecule has 0 aromatic carbocycles. The second-order valence-corrected chi connectivity index (χ2v) is 6.35. The Morgan fingerprint density at radius 3 is 2.90 bits per heavy atom. The van der Waals surface area contributed by atoms with Crippen LogP contribution < -0.4 is 10.5 Å². The molecule has 3 N–H and O–H groups in total. The third kappa shape index (κ3) is 2.77. The van der Waals surface area contributed by atoms with Crippen molar-refractivity contribution in [1.29, 1.82) is 0 Å². The number of fused-ring (bicyclic) bond motifs is 2. The van der Waals surface area contributed by atoms with Crippen molar-refractivity contribution in [2.75, 3.05) is 12.8 Å². The van der Waals surface area contributed by atoms with Gasteiger partial charge < -0.3 is 10.5 Å². The third-order valence-electron chi connectivity index (χ3n) is 4.51. The molecule has 150 valence electrons. The van der Waals surface area contributed by atoms with E-state index in [1.54, 1.807) is 0 Å². The molecule has 5 aromatic rings. The van der Waals surface area contributed by atoms with E-state index >= 15 is 0 Å². The van der Waals surface area contributed by atoms with Gasteiger partial charge in [-0.2, -0.15) is 5.10 Å². The van der Waals surface area contributed by atoms with Gasteiger partial charge in [0.05, 0.1) is 30.9 Å². The van der Waals surface area contributed by atoms with Crippen molar-refractivity contribution in [3.05, 3.63) is 47.9 Å². The molecule has 0 saturated heterocycles. The fourth-order valence-corrected chi connectivity index (χ4v) is 3.17. The fourth-order valence-electron chi connectivity index (χ4n) is 3.17. The summed E-state index contributed by atoms with van der Waals surface area (Å²) in [4.78, 5) is 16.8. The molecule has 5 aromatic heterocycles. The number of methoxy groups -OCH3 is 1. The Kier molecular flexibility index (Phi) is 3.98. The van der Waals surface area contributed by atoms with Crippen LogP contribution in [0.25, 0.3) is 33.6 Å². The lowest BCUT2D eigenvalue weighted by Crippen LogP contribution is -2.07. The lowest BCUT2D eigenvalue weighted by molar-refractivity contribution is 0.401. The van der Waals surface area contributed by atoms with E-state index in [1.165, 1.54) is 36.2 Å². The van der Waals surface area contributed by atoms with Crippen LogP contribution in [0.15, 0.2) is 30.6 Å². The molecule has 0 aliphatic heterocycles. The van der Waals surface area contributed by atoms with E-state index < -0.39 is 11.6 Å². The molecule has 5 rings (SSSR count). The SMILES string of the molecule is COc1n[nH]c2nc(-c3nn(Cc4ncccc4F)c4ncc(F)cc34)nc(N)c12. The van der Waals surface area contributed by atoms with E-state index in [4.69, 9.17) is 10.5 Å². The summed E-state index contributed by atoms with van der Waals surface area (Å²) in [6.07, 6.45) is 2.53. The van der Waals surface area contributed by atoms with Gasteiger partial charge in [-0.25, -0.2) is 28.4 Å². The minimum absolute atomic E-state index is 0.0165. The van der Waals surface area contributed by atoms with Crippen molar-refractivity contribution >= 4 is 27.9 Å². The Morgan fingerprint density at radius 1 is 1.23 bits per heavy atom. The number of aromatic amines is 1. The van der Waals surface area contributed by atoms with Gasteiger partial charge in [0.25, 0.3) is 0 Å². The average molecular weight is 409 g/mol. The highest BCUT2D eigenvalue weighted by Crippen LogP contribution is 2.31. The number of H-pyrrole nitrogens is 1. The number of anilines is 1. The Bertz CT molecular complexity index is 1410. The van der Waals surface area contributed by atoms with Crippen molar-refractivity contribution in [3.63, 3.8) is 0 Å². The second-order valence-electron chi connectivity index (χ2n) is 6.35. The highest BCUT2D eigenvalue weighted by Gasteiger charge is 2.21. The molecule has 0 amide bonds. The number of halogens is 2. The maximum absolute atomic E-state index is 14.1. The standard InChI is InChI=1S/C18H13F2N9O/c1-30-18-12-14(21)24-16(25-15(12)26-27-18)13-9-5-8(19)6-23-17(9)29(28-13)7-11-10(20)3-2-4-22-11/h2-6H,7H2,1H3,(H3,21,24,25,26,27). The first kappa shape index (κ1) is 17.8. The Balaban J connectivity index is 1.71. The number of nitrogens with one attached hydrogen (secondary N) is 1. The van der Waals surface area contributed by atoms with Crippen molar-refractivity contribution in [1.82, 2.24) is 39.9 Å². The quantitative estimate of drug-likeness (QED) is 0.461. The zero-order valence-corrected chi connectivity index (χ0v) is 15.5. The second kappa shape index (κ2) is 6.69. The summed E-state index contributed by atoms with van der Waals surface area (Å²) in [5.74, 6) is -0.559. The number of nitrogen functional groups attached to an aromatic ring is 1. The number of ether oxygens (including phenoxy) is 1. The van der Waals surface area contributed by atoms with Crippen molar-refractivity contribution in [2.45, 2.75) is 6.54 Å². The van der Waals surface area contributed by atoms with Gasteiger partial charge in [0.2, 0.25) is 5.88 Å². The molecule has 0 fully saturated rings. The monoisotopic (exact) mass is 409 g/mol. The van der Waals surface area contributed by atoms with Gasteiger partial charge in [-0.15, -0.1) is 5.10 Å². The number of rotatable bonds is 4. The van der Waals surface area contributed by atoms with E-state index in [1.807, 2.05) is 0 Å². The molecule has 0 aliphatic carbocycles. The van der Waals surface area contributed by atoms with Gasteiger partial charge >= 0.3 is 0 Å². The minimum atomic E-state index is -0.565. The predicted molar refractivity (Wildman–Crippen MR) is 102 cm³/mol. The van der Waals surface area contributed by atoms with E-state index in [9.17, 15) is 8.78 Å². The molecule has 0 unspecified atom stereocenters. The van der Waals surface area contributed by atoms with Crippen LogP contribution in [0.5, 0.6) is 5.88 Å². The maximum Gasteiger partial charge on any atom is 0.245 e.